The number of hydrogen-bond donors (Lipinski definition) is 2. The van der Waals surface area contributed by atoms with Crippen LogP contribution < -0.4 is 10.6 Å². The quantitative estimate of drug-likeness (QED) is 0.760. The fraction of sp³-hybridized carbons (Fsp3) is 0.333. The Labute approximate surface area is 140 Å². The molecule has 118 valence electrons. The minimum atomic E-state index is 0.179. The van der Waals surface area contributed by atoms with Crippen LogP contribution in [-0.4, -0.2) is 29.6 Å². The molecule has 1 unspecified atom stereocenters. The van der Waals surface area contributed by atoms with Crippen LogP contribution in [0.3, 0.4) is 0 Å². The molecule has 5 heteroatoms. The lowest BCUT2D eigenvalue weighted by molar-refractivity contribution is 0.416. The summed E-state index contributed by atoms with van der Waals surface area (Å²) in [6.45, 7) is 7.17. The van der Waals surface area contributed by atoms with Crippen molar-refractivity contribution in [1.82, 2.24) is 20.6 Å². The van der Waals surface area contributed by atoms with Gasteiger partial charge in [-0.05, 0) is 19.4 Å². The number of thiophene rings is 1. The summed E-state index contributed by atoms with van der Waals surface area (Å²) in [5, 5.41) is 8.14. The lowest BCUT2D eigenvalue weighted by Gasteiger charge is -2.23. The average Bonchev–Trinajstić information content (AvgIpc) is 2.90. The normalized spacial score (nSPS) is 18.4. The summed E-state index contributed by atoms with van der Waals surface area (Å²) in [4.78, 5) is 12.2. The summed E-state index contributed by atoms with van der Waals surface area (Å²) in [7, 11) is 0. The highest BCUT2D eigenvalue weighted by molar-refractivity contribution is 7.18. The fourth-order valence-electron chi connectivity index (χ4n) is 3.06. The summed E-state index contributed by atoms with van der Waals surface area (Å²) < 4.78 is 0. The predicted octanol–water partition coefficient (Wildman–Crippen LogP) is 3.21. The average molecular weight is 324 g/mol. The molecule has 0 spiro atoms. The molecule has 3 heterocycles. The summed E-state index contributed by atoms with van der Waals surface area (Å²) in [6.07, 6.45) is 0. The maximum atomic E-state index is 4.96. The second-order valence-electron chi connectivity index (χ2n) is 5.97. The Kier molecular flexibility index (Phi) is 3.85. The van der Waals surface area contributed by atoms with Crippen molar-refractivity contribution in [2.75, 3.05) is 19.6 Å². The minimum Gasteiger partial charge on any atom is -0.313 e. The Morgan fingerprint density at radius 2 is 1.91 bits per heavy atom. The number of rotatable bonds is 2. The molecule has 0 bridgehead atoms. The lowest BCUT2D eigenvalue weighted by atomic mass is 10.1. The van der Waals surface area contributed by atoms with Gasteiger partial charge in [-0.25, -0.2) is 9.97 Å². The van der Waals surface area contributed by atoms with E-state index < -0.39 is 0 Å². The minimum absolute atomic E-state index is 0.179. The van der Waals surface area contributed by atoms with Gasteiger partial charge >= 0.3 is 0 Å². The maximum absolute atomic E-state index is 4.96. The van der Waals surface area contributed by atoms with Gasteiger partial charge in [-0.2, -0.15) is 0 Å². The fourth-order valence-corrected chi connectivity index (χ4v) is 4.10. The van der Waals surface area contributed by atoms with Crippen LogP contribution in [0.1, 0.15) is 22.3 Å². The van der Waals surface area contributed by atoms with E-state index in [1.165, 1.54) is 15.8 Å². The highest BCUT2D eigenvalue weighted by Crippen LogP contribution is 2.36. The van der Waals surface area contributed by atoms with Crippen LogP contribution in [0.5, 0.6) is 0 Å². The van der Waals surface area contributed by atoms with Gasteiger partial charge in [0.1, 0.15) is 10.7 Å². The monoisotopic (exact) mass is 324 g/mol. The van der Waals surface area contributed by atoms with Gasteiger partial charge in [-0.1, -0.05) is 30.3 Å². The third-order valence-electron chi connectivity index (χ3n) is 4.45. The molecule has 4 rings (SSSR count). The predicted molar refractivity (Wildman–Crippen MR) is 95.9 cm³/mol. The smallest absolute Gasteiger partial charge is 0.148 e. The number of piperazine rings is 1. The molecule has 1 aromatic carbocycles. The Morgan fingerprint density at radius 3 is 2.65 bits per heavy atom. The first-order valence-corrected chi connectivity index (χ1v) is 8.83. The van der Waals surface area contributed by atoms with Crippen molar-refractivity contribution in [3.63, 3.8) is 0 Å². The Bertz CT molecular complexity index is 835. The zero-order valence-corrected chi connectivity index (χ0v) is 14.2. The van der Waals surface area contributed by atoms with E-state index in [1.807, 2.05) is 6.07 Å². The van der Waals surface area contributed by atoms with Gasteiger partial charge in [0.25, 0.3) is 0 Å². The molecule has 0 amide bonds. The number of aromatic nitrogens is 2. The van der Waals surface area contributed by atoms with Gasteiger partial charge in [0.15, 0.2) is 0 Å². The Morgan fingerprint density at radius 1 is 1.09 bits per heavy atom. The topological polar surface area (TPSA) is 49.8 Å². The van der Waals surface area contributed by atoms with E-state index in [4.69, 9.17) is 9.97 Å². The van der Waals surface area contributed by atoms with E-state index in [0.29, 0.717) is 0 Å². The zero-order valence-electron chi connectivity index (χ0n) is 13.4. The van der Waals surface area contributed by atoms with Crippen molar-refractivity contribution in [3.05, 3.63) is 46.6 Å². The SMILES string of the molecule is Cc1sc2nc(C3CNCCN3)nc(-c3ccccc3)c2c1C. The van der Waals surface area contributed by atoms with Crippen molar-refractivity contribution in [2.24, 2.45) is 0 Å². The number of hydrogen-bond acceptors (Lipinski definition) is 5. The van der Waals surface area contributed by atoms with E-state index in [0.717, 1.165) is 41.5 Å². The van der Waals surface area contributed by atoms with Gasteiger partial charge in [0.2, 0.25) is 0 Å². The molecule has 2 aromatic heterocycles. The summed E-state index contributed by atoms with van der Waals surface area (Å²) in [5.41, 5.74) is 3.51. The van der Waals surface area contributed by atoms with Crippen LogP contribution in [-0.2, 0) is 0 Å². The van der Waals surface area contributed by atoms with E-state index >= 15 is 0 Å². The van der Waals surface area contributed by atoms with Crippen molar-refractivity contribution in [3.8, 4) is 11.3 Å². The second kappa shape index (κ2) is 6.00. The molecule has 0 radical (unpaired) electrons. The number of nitrogens with one attached hydrogen (secondary N) is 2. The molecule has 1 aliphatic heterocycles. The number of benzene rings is 1. The number of fused-ring (bicyclic) bond motifs is 1. The molecule has 0 aliphatic carbocycles. The van der Waals surface area contributed by atoms with E-state index in [-0.39, 0.29) is 6.04 Å². The molecule has 2 N–H and O–H groups in total. The first-order chi connectivity index (χ1) is 11.2. The molecule has 3 aromatic rings. The third-order valence-corrected chi connectivity index (χ3v) is 5.55. The van der Waals surface area contributed by atoms with Gasteiger partial charge in [0, 0.05) is 35.5 Å². The summed E-state index contributed by atoms with van der Waals surface area (Å²) >= 11 is 1.77. The first-order valence-electron chi connectivity index (χ1n) is 8.01. The Hall–Kier alpha value is -1.82. The Balaban J connectivity index is 1.94. The van der Waals surface area contributed by atoms with Crippen molar-refractivity contribution >= 4 is 21.6 Å². The highest BCUT2D eigenvalue weighted by Gasteiger charge is 2.21. The third kappa shape index (κ3) is 2.65. The standard InChI is InChI=1S/C18H20N4S/c1-11-12(2)23-18-15(11)16(13-6-4-3-5-7-13)21-17(22-18)14-10-19-8-9-20-14/h3-7,14,19-20H,8-10H2,1-2H3. The second-order valence-corrected chi connectivity index (χ2v) is 7.17. The molecule has 23 heavy (non-hydrogen) atoms. The highest BCUT2D eigenvalue weighted by atomic mass is 32.1. The van der Waals surface area contributed by atoms with Crippen LogP contribution in [0.15, 0.2) is 30.3 Å². The molecule has 0 saturated carbocycles. The van der Waals surface area contributed by atoms with Gasteiger partial charge in [-0.15, -0.1) is 11.3 Å². The van der Waals surface area contributed by atoms with Crippen molar-refractivity contribution in [2.45, 2.75) is 19.9 Å². The van der Waals surface area contributed by atoms with E-state index in [9.17, 15) is 0 Å². The molecule has 1 saturated heterocycles. The van der Waals surface area contributed by atoms with Crippen LogP contribution in [0.2, 0.25) is 0 Å². The maximum Gasteiger partial charge on any atom is 0.148 e. The summed E-state index contributed by atoms with van der Waals surface area (Å²) in [5.74, 6) is 0.893. The van der Waals surface area contributed by atoms with Gasteiger partial charge < -0.3 is 10.6 Å². The number of nitrogens with zero attached hydrogens (tertiary/aromatic N) is 2. The zero-order chi connectivity index (χ0) is 15.8. The molecular formula is C18H20N4S. The van der Waals surface area contributed by atoms with E-state index in [2.05, 4.69) is 48.7 Å². The lowest BCUT2D eigenvalue weighted by Crippen LogP contribution is -2.43. The molecule has 4 nitrogen and oxygen atoms in total. The molecule has 1 atom stereocenters. The van der Waals surface area contributed by atoms with Crippen molar-refractivity contribution in [1.29, 1.82) is 0 Å². The summed E-state index contributed by atoms with van der Waals surface area (Å²) in [6, 6.07) is 10.6. The van der Waals surface area contributed by atoms with Crippen LogP contribution >= 0.6 is 11.3 Å². The number of aryl methyl sites for hydroxylation is 2. The van der Waals surface area contributed by atoms with Crippen molar-refractivity contribution < 1.29 is 0 Å². The van der Waals surface area contributed by atoms with E-state index in [1.54, 1.807) is 11.3 Å². The van der Waals surface area contributed by atoms with Gasteiger partial charge in [0.05, 0.1) is 11.7 Å². The molecule has 1 fully saturated rings. The van der Waals surface area contributed by atoms with Crippen LogP contribution in [0.4, 0.5) is 0 Å². The largest absolute Gasteiger partial charge is 0.313 e. The van der Waals surface area contributed by atoms with Crippen LogP contribution in [0.25, 0.3) is 21.5 Å². The first kappa shape index (κ1) is 14.8. The molecule has 1 aliphatic rings. The van der Waals surface area contributed by atoms with Gasteiger partial charge in [-0.3, -0.25) is 0 Å². The molecular weight excluding hydrogens is 304 g/mol. The van der Waals surface area contributed by atoms with Crippen LogP contribution in [0, 0.1) is 13.8 Å².